The highest BCUT2D eigenvalue weighted by molar-refractivity contribution is 5.99. The van der Waals surface area contributed by atoms with Gasteiger partial charge in [-0.15, -0.1) is 5.10 Å². The van der Waals surface area contributed by atoms with Crippen molar-refractivity contribution < 1.29 is 23.7 Å². The van der Waals surface area contributed by atoms with Crippen LogP contribution >= 0.6 is 0 Å². The average Bonchev–Trinajstić information content (AvgIpc) is 3.30. The molecule has 1 N–H and O–H groups in total. The van der Waals surface area contributed by atoms with Crippen molar-refractivity contribution in [3.63, 3.8) is 0 Å². The SMILES string of the molecule is COc1cccc([C@H]2C3=C(CCCC3=O)Nc3nc(-c4cc(OC)c(OC)c(OC)c4)nn32)c1. The summed E-state index contributed by atoms with van der Waals surface area (Å²) in [6.07, 6.45) is 2.11. The maximum Gasteiger partial charge on any atom is 0.226 e. The molecule has 176 valence electrons. The zero-order chi connectivity index (χ0) is 23.8. The first kappa shape index (κ1) is 21.8. The summed E-state index contributed by atoms with van der Waals surface area (Å²) in [6, 6.07) is 10.9. The highest BCUT2D eigenvalue weighted by atomic mass is 16.5. The number of hydrogen-bond acceptors (Lipinski definition) is 8. The lowest BCUT2D eigenvalue weighted by molar-refractivity contribution is -0.116. The molecule has 0 radical (unpaired) electrons. The molecular weight excluding hydrogens is 436 g/mol. The van der Waals surface area contributed by atoms with E-state index in [-0.39, 0.29) is 5.78 Å². The molecular formula is C25H26N4O5. The first-order valence-electron chi connectivity index (χ1n) is 11.0. The predicted octanol–water partition coefficient (Wildman–Crippen LogP) is 4.00. The number of methoxy groups -OCH3 is 4. The highest BCUT2D eigenvalue weighted by Crippen LogP contribution is 2.43. The summed E-state index contributed by atoms with van der Waals surface area (Å²) < 4.78 is 23.7. The Morgan fingerprint density at radius 2 is 1.74 bits per heavy atom. The third kappa shape index (κ3) is 3.53. The summed E-state index contributed by atoms with van der Waals surface area (Å²) in [5.41, 5.74) is 3.24. The standard InChI is InChI=1S/C25H26N4O5/c1-31-16-8-5-7-14(11-16)22-21-17(9-6-10-18(21)30)26-25-27-24(28-29(22)25)15-12-19(32-2)23(34-4)20(13-15)33-3/h5,7-8,11-13,22H,6,9-10H2,1-4H3,(H,26,27,28)/t22-/m0/s1. The minimum absolute atomic E-state index is 0.122. The van der Waals surface area contributed by atoms with E-state index in [0.717, 1.165) is 29.7 Å². The van der Waals surface area contributed by atoms with Crippen molar-refractivity contribution in [3.05, 3.63) is 53.2 Å². The first-order chi connectivity index (χ1) is 16.6. The lowest BCUT2D eigenvalue weighted by Gasteiger charge is -2.32. The van der Waals surface area contributed by atoms with Gasteiger partial charge in [-0.3, -0.25) is 4.79 Å². The van der Waals surface area contributed by atoms with Crippen molar-refractivity contribution in [1.82, 2.24) is 14.8 Å². The van der Waals surface area contributed by atoms with E-state index in [9.17, 15) is 4.79 Å². The fourth-order valence-electron chi connectivity index (χ4n) is 4.61. The summed E-state index contributed by atoms with van der Waals surface area (Å²) in [4.78, 5) is 17.8. The van der Waals surface area contributed by atoms with Crippen molar-refractivity contribution in [2.45, 2.75) is 25.3 Å². The number of hydrogen-bond donors (Lipinski definition) is 1. The van der Waals surface area contributed by atoms with E-state index in [4.69, 9.17) is 29.0 Å². The Balaban J connectivity index is 1.67. The van der Waals surface area contributed by atoms with Gasteiger partial charge in [0, 0.05) is 23.3 Å². The maximum atomic E-state index is 13.1. The molecule has 1 aliphatic carbocycles. The Hall–Kier alpha value is -4.01. The van der Waals surface area contributed by atoms with Crippen molar-refractivity contribution in [3.8, 4) is 34.4 Å². The smallest absolute Gasteiger partial charge is 0.226 e. The largest absolute Gasteiger partial charge is 0.497 e. The fourth-order valence-corrected chi connectivity index (χ4v) is 4.61. The van der Waals surface area contributed by atoms with Crippen molar-refractivity contribution in [1.29, 1.82) is 0 Å². The van der Waals surface area contributed by atoms with Crippen LogP contribution < -0.4 is 24.3 Å². The summed E-state index contributed by atoms with van der Waals surface area (Å²) in [6.45, 7) is 0. The van der Waals surface area contributed by atoms with Crippen LogP contribution in [0.2, 0.25) is 0 Å². The van der Waals surface area contributed by atoms with Gasteiger partial charge in [0.05, 0.1) is 28.4 Å². The van der Waals surface area contributed by atoms with E-state index in [0.29, 0.717) is 46.8 Å². The van der Waals surface area contributed by atoms with Gasteiger partial charge < -0.3 is 24.3 Å². The molecule has 2 aromatic carbocycles. The molecule has 0 fully saturated rings. The molecule has 5 rings (SSSR count). The number of nitrogens with zero attached hydrogens (tertiary/aromatic N) is 3. The van der Waals surface area contributed by atoms with Crippen LogP contribution in [0.15, 0.2) is 47.7 Å². The van der Waals surface area contributed by atoms with Gasteiger partial charge in [-0.05, 0) is 42.7 Å². The quantitative estimate of drug-likeness (QED) is 0.587. The summed E-state index contributed by atoms with van der Waals surface area (Å²) in [5, 5.41) is 8.19. The van der Waals surface area contributed by atoms with Gasteiger partial charge >= 0.3 is 0 Å². The number of benzene rings is 2. The van der Waals surface area contributed by atoms with Gasteiger partial charge in [-0.2, -0.15) is 4.98 Å². The zero-order valence-electron chi connectivity index (χ0n) is 19.5. The van der Waals surface area contributed by atoms with E-state index in [2.05, 4.69) is 5.32 Å². The van der Waals surface area contributed by atoms with Crippen LogP contribution in [-0.2, 0) is 4.79 Å². The lowest BCUT2D eigenvalue weighted by Crippen LogP contribution is -2.31. The van der Waals surface area contributed by atoms with Crippen LogP contribution in [0.3, 0.4) is 0 Å². The van der Waals surface area contributed by atoms with E-state index in [1.54, 1.807) is 33.1 Å². The van der Waals surface area contributed by atoms with E-state index < -0.39 is 6.04 Å². The van der Waals surface area contributed by atoms with Crippen molar-refractivity contribution in [2.75, 3.05) is 33.8 Å². The molecule has 0 bridgehead atoms. The third-order valence-corrected chi connectivity index (χ3v) is 6.20. The summed E-state index contributed by atoms with van der Waals surface area (Å²) in [7, 11) is 6.32. The minimum atomic E-state index is -0.405. The van der Waals surface area contributed by atoms with E-state index in [1.165, 1.54) is 0 Å². The van der Waals surface area contributed by atoms with Crippen LogP contribution in [0, 0.1) is 0 Å². The second-order valence-electron chi connectivity index (χ2n) is 8.09. The molecule has 3 aromatic rings. The number of aromatic nitrogens is 3. The van der Waals surface area contributed by atoms with E-state index >= 15 is 0 Å². The van der Waals surface area contributed by atoms with Crippen molar-refractivity contribution in [2.24, 2.45) is 0 Å². The monoisotopic (exact) mass is 462 g/mol. The Labute approximate surface area is 197 Å². The Morgan fingerprint density at radius 1 is 0.971 bits per heavy atom. The molecule has 1 aromatic heterocycles. The Bertz CT molecular complexity index is 1270. The number of ether oxygens (including phenoxy) is 4. The average molecular weight is 463 g/mol. The number of fused-ring (bicyclic) bond motifs is 1. The van der Waals surface area contributed by atoms with Gasteiger partial charge in [0.2, 0.25) is 11.7 Å². The number of Topliss-reactive ketones (excluding diaryl/α,β-unsaturated/α-hetero) is 1. The number of anilines is 1. The molecule has 1 atom stereocenters. The van der Waals surface area contributed by atoms with Crippen molar-refractivity contribution >= 4 is 11.7 Å². The number of nitrogens with one attached hydrogen (secondary N) is 1. The second-order valence-corrected chi connectivity index (χ2v) is 8.09. The van der Waals surface area contributed by atoms with Gasteiger partial charge in [0.15, 0.2) is 23.1 Å². The number of rotatable bonds is 6. The Morgan fingerprint density at radius 3 is 2.41 bits per heavy atom. The molecule has 9 heteroatoms. The normalized spacial score (nSPS) is 16.9. The molecule has 1 aliphatic heterocycles. The van der Waals surface area contributed by atoms with Gasteiger partial charge in [0.1, 0.15) is 11.8 Å². The number of ketones is 1. The molecule has 0 saturated carbocycles. The van der Waals surface area contributed by atoms with Crippen LogP contribution in [0.4, 0.5) is 5.95 Å². The molecule has 2 heterocycles. The molecule has 9 nitrogen and oxygen atoms in total. The minimum Gasteiger partial charge on any atom is -0.497 e. The van der Waals surface area contributed by atoms with Crippen LogP contribution in [0.25, 0.3) is 11.4 Å². The molecule has 0 saturated heterocycles. The maximum absolute atomic E-state index is 13.1. The first-order valence-corrected chi connectivity index (χ1v) is 11.0. The number of allylic oxidation sites excluding steroid dienone is 2. The summed E-state index contributed by atoms with van der Waals surface area (Å²) >= 11 is 0. The topological polar surface area (TPSA) is 96.7 Å². The predicted molar refractivity (Wildman–Crippen MR) is 126 cm³/mol. The van der Waals surface area contributed by atoms with Crippen LogP contribution in [-0.4, -0.2) is 49.0 Å². The molecule has 2 aliphatic rings. The second kappa shape index (κ2) is 8.74. The fraction of sp³-hybridized carbons (Fsp3) is 0.320. The number of carbonyl (C=O) groups is 1. The number of carbonyl (C=O) groups excluding carboxylic acids is 1. The van der Waals surface area contributed by atoms with Gasteiger partial charge in [-0.25, -0.2) is 4.68 Å². The van der Waals surface area contributed by atoms with Crippen LogP contribution in [0.1, 0.15) is 30.9 Å². The lowest BCUT2D eigenvalue weighted by atomic mass is 9.85. The zero-order valence-corrected chi connectivity index (χ0v) is 19.5. The molecule has 34 heavy (non-hydrogen) atoms. The molecule has 0 spiro atoms. The van der Waals surface area contributed by atoms with Gasteiger partial charge in [0.25, 0.3) is 0 Å². The molecule has 0 amide bonds. The highest BCUT2D eigenvalue weighted by Gasteiger charge is 2.37. The summed E-state index contributed by atoms with van der Waals surface area (Å²) in [5.74, 6) is 3.40. The Kier molecular flexibility index (Phi) is 5.61. The van der Waals surface area contributed by atoms with Gasteiger partial charge in [-0.1, -0.05) is 12.1 Å². The molecule has 0 unspecified atom stereocenters. The van der Waals surface area contributed by atoms with Crippen LogP contribution in [0.5, 0.6) is 23.0 Å². The van der Waals surface area contributed by atoms with E-state index in [1.807, 2.05) is 36.4 Å². The third-order valence-electron chi connectivity index (χ3n) is 6.20.